The number of carbonyl (C=O) groups excluding carboxylic acids is 1. The van der Waals surface area contributed by atoms with Crippen molar-refractivity contribution in [3.63, 3.8) is 0 Å². The minimum atomic E-state index is -0.115. The Balaban J connectivity index is 2.03. The second-order valence-electron chi connectivity index (χ2n) is 7.08. The minimum Gasteiger partial charge on any atom is -0.465 e. The number of aryl methyl sites for hydroxylation is 3. The van der Waals surface area contributed by atoms with Crippen molar-refractivity contribution >= 4 is 33.1 Å². The van der Waals surface area contributed by atoms with Crippen LogP contribution in [0.2, 0.25) is 0 Å². The summed E-state index contributed by atoms with van der Waals surface area (Å²) in [5, 5.41) is 4.08. The molecule has 28 heavy (non-hydrogen) atoms. The number of rotatable bonds is 4. The first-order chi connectivity index (χ1) is 13.4. The van der Waals surface area contributed by atoms with Gasteiger partial charge in [-0.05, 0) is 50.1 Å². The molecule has 1 atom stereocenters. The molecule has 3 heterocycles. The molecular formula is C23H22N2O2S. The Morgan fingerprint density at radius 1 is 1.11 bits per heavy atom. The van der Waals surface area contributed by atoms with Crippen LogP contribution in [0.15, 0.2) is 52.9 Å². The molecule has 1 unspecified atom stereocenters. The first-order valence-electron chi connectivity index (χ1n) is 9.23. The molecule has 3 aromatic heterocycles. The average molecular weight is 391 g/mol. The molecule has 0 aliphatic heterocycles. The third-order valence-electron chi connectivity index (χ3n) is 4.76. The number of nitrogens with zero attached hydrogens (tertiary/aromatic N) is 1. The Labute approximate surface area is 168 Å². The van der Waals surface area contributed by atoms with Gasteiger partial charge >= 0.3 is 0 Å². The summed E-state index contributed by atoms with van der Waals surface area (Å²) in [7, 11) is 0. The molecule has 0 aliphatic rings. The van der Waals surface area contributed by atoms with Gasteiger partial charge in [0, 0.05) is 22.9 Å². The summed E-state index contributed by atoms with van der Waals surface area (Å²) in [5.74, 6) is 1.51. The molecule has 0 bridgehead atoms. The molecule has 1 N–H and O–H groups in total. The number of thiophene rings is 1. The Bertz CT molecular complexity index is 1160. The van der Waals surface area contributed by atoms with Crippen molar-refractivity contribution in [2.45, 2.75) is 33.6 Å². The van der Waals surface area contributed by atoms with E-state index in [-0.39, 0.29) is 11.8 Å². The number of anilines is 1. The van der Waals surface area contributed by atoms with Crippen molar-refractivity contribution in [2.24, 2.45) is 0 Å². The minimum absolute atomic E-state index is 0.0941. The highest BCUT2D eigenvalue weighted by Crippen LogP contribution is 2.46. The lowest BCUT2D eigenvalue weighted by Gasteiger charge is -2.16. The van der Waals surface area contributed by atoms with Crippen LogP contribution in [0.25, 0.3) is 10.2 Å². The lowest BCUT2D eigenvalue weighted by Crippen LogP contribution is -2.10. The standard InChI is InChI=1S/C23H22N2O2S/c1-13-12-14(2)24-23-19(13)21(25-16(4)26)22(28-23)20(17-8-6-5-7-9-17)18-11-10-15(3)27-18/h5-12,20H,1-4H3,(H,25,26). The van der Waals surface area contributed by atoms with E-state index in [1.165, 1.54) is 0 Å². The molecule has 1 amide bonds. The highest BCUT2D eigenvalue weighted by Gasteiger charge is 2.28. The number of benzene rings is 1. The first-order valence-corrected chi connectivity index (χ1v) is 10.0. The number of hydrogen-bond donors (Lipinski definition) is 1. The van der Waals surface area contributed by atoms with Crippen LogP contribution in [-0.2, 0) is 4.79 Å². The molecule has 4 aromatic rings. The third-order valence-corrected chi connectivity index (χ3v) is 5.90. The summed E-state index contributed by atoms with van der Waals surface area (Å²) in [6, 6.07) is 16.3. The molecule has 4 rings (SSSR count). The highest BCUT2D eigenvalue weighted by atomic mass is 32.1. The molecule has 0 radical (unpaired) electrons. The summed E-state index contributed by atoms with van der Waals surface area (Å²) in [6.45, 7) is 7.54. The molecule has 0 spiro atoms. The zero-order valence-electron chi connectivity index (χ0n) is 16.4. The fourth-order valence-electron chi connectivity index (χ4n) is 3.66. The van der Waals surface area contributed by atoms with Crippen molar-refractivity contribution in [3.05, 3.63) is 81.7 Å². The van der Waals surface area contributed by atoms with Gasteiger partial charge in [0.1, 0.15) is 16.4 Å². The maximum Gasteiger partial charge on any atom is 0.221 e. The van der Waals surface area contributed by atoms with E-state index in [1.807, 2.05) is 44.2 Å². The van der Waals surface area contributed by atoms with E-state index in [1.54, 1.807) is 18.3 Å². The average Bonchev–Trinajstić information content (AvgIpc) is 3.20. The summed E-state index contributed by atoms with van der Waals surface area (Å²) < 4.78 is 6.04. The number of fused-ring (bicyclic) bond motifs is 1. The fourth-order valence-corrected chi connectivity index (χ4v) is 5.05. The summed E-state index contributed by atoms with van der Waals surface area (Å²) in [4.78, 5) is 18.7. The maximum absolute atomic E-state index is 12.0. The number of pyridine rings is 1. The van der Waals surface area contributed by atoms with Crippen LogP contribution in [0.3, 0.4) is 0 Å². The fraction of sp³-hybridized carbons (Fsp3) is 0.217. The Kier molecular flexibility index (Phi) is 4.77. The Morgan fingerprint density at radius 3 is 2.50 bits per heavy atom. The number of nitrogens with one attached hydrogen (secondary N) is 1. The van der Waals surface area contributed by atoms with Crippen LogP contribution in [0, 0.1) is 20.8 Å². The van der Waals surface area contributed by atoms with E-state index < -0.39 is 0 Å². The number of hydrogen-bond acceptors (Lipinski definition) is 4. The van der Waals surface area contributed by atoms with Crippen molar-refractivity contribution in [3.8, 4) is 0 Å². The molecule has 142 valence electrons. The van der Waals surface area contributed by atoms with Gasteiger partial charge in [-0.15, -0.1) is 11.3 Å². The van der Waals surface area contributed by atoms with Gasteiger partial charge in [0.05, 0.1) is 11.6 Å². The van der Waals surface area contributed by atoms with Crippen molar-refractivity contribution in [1.29, 1.82) is 0 Å². The lowest BCUT2D eigenvalue weighted by atomic mass is 9.93. The van der Waals surface area contributed by atoms with Crippen LogP contribution in [0.4, 0.5) is 5.69 Å². The monoisotopic (exact) mass is 390 g/mol. The molecule has 0 fully saturated rings. The SMILES string of the molecule is CC(=O)Nc1c(C(c2ccccc2)c2ccc(C)o2)sc2nc(C)cc(C)c12. The first kappa shape index (κ1) is 18.4. The maximum atomic E-state index is 12.0. The highest BCUT2D eigenvalue weighted by molar-refractivity contribution is 7.19. The normalized spacial score (nSPS) is 12.3. The van der Waals surface area contributed by atoms with Gasteiger partial charge in [-0.2, -0.15) is 0 Å². The largest absolute Gasteiger partial charge is 0.465 e. The molecule has 4 nitrogen and oxygen atoms in total. The van der Waals surface area contributed by atoms with Crippen molar-refractivity contribution in [1.82, 2.24) is 4.98 Å². The predicted molar refractivity (Wildman–Crippen MR) is 114 cm³/mol. The topological polar surface area (TPSA) is 55.1 Å². The number of amides is 1. The van der Waals surface area contributed by atoms with Crippen LogP contribution < -0.4 is 5.32 Å². The molecule has 0 aliphatic carbocycles. The van der Waals surface area contributed by atoms with E-state index in [0.717, 1.165) is 49.1 Å². The Hall–Kier alpha value is -2.92. The molecule has 5 heteroatoms. The van der Waals surface area contributed by atoms with E-state index in [9.17, 15) is 4.79 Å². The van der Waals surface area contributed by atoms with Gasteiger partial charge in [-0.25, -0.2) is 4.98 Å². The van der Waals surface area contributed by atoms with Crippen LogP contribution in [-0.4, -0.2) is 10.9 Å². The molecular weight excluding hydrogens is 368 g/mol. The quantitative estimate of drug-likeness (QED) is 0.468. The van der Waals surface area contributed by atoms with Gasteiger partial charge in [0.25, 0.3) is 0 Å². The van der Waals surface area contributed by atoms with E-state index in [2.05, 4.69) is 30.4 Å². The van der Waals surface area contributed by atoms with Crippen LogP contribution in [0.5, 0.6) is 0 Å². The summed E-state index contributed by atoms with van der Waals surface area (Å²) in [5.41, 5.74) is 4.03. The van der Waals surface area contributed by atoms with Crippen molar-refractivity contribution in [2.75, 3.05) is 5.32 Å². The van der Waals surface area contributed by atoms with Crippen molar-refractivity contribution < 1.29 is 9.21 Å². The van der Waals surface area contributed by atoms with E-state index >= 15 is 0 Å². The second-order valence-corrected chi connectivity index (χ2v) is 8.11. The predicted octanol–water partition coefficient (Wildman–Crippen LogP) is 5.95. The smallest absolute Gasteiger partial charge is 0.221 e. The van der Waals surface area contributed by atoms with Gasteiger partial charge < -0.3 is 9.73 Å². The van der Waals surface area contributed by atoms with E-state index in [4.69, 9.17) is 9.40 Å². The third kappa shape index (κ3) is 3.34. The van der Waals surface area contributed by atoms with Gasteiger partial charge in [0.15, 0.2) is 0 Å². The van der Waals surface area contributed by atoms with Gasteiger partial charge in [0.2, 0.25) is 5.91 Å². The van der Waals surface area contributed by atoms with Crippen LogP contribution >= 0.6 is 11.3 Å². The number of aromatic nitrogens is 1. The second kappa shape index (κ2) is 7.24. The van der Waals surface area contributed by atoms with Gasteiger partial charge in [-0.1, -0.05) is 30.3 Å². The number of furan rings is 1. The molecule has 0 saturated carbocycles. The summed E-state index contributed by atoms with van der Waals surface area (Å²) in [6.07, 6.45) is 0. The van der Waals surface area contributed by atoms with Crippen LogP contribution in [0.1, 0.15) is 46.1 Å². The zero-order chi connectivity index (χ0) is 19.8. The zero-order valence-corrected chi connectivity index (χ0v) is 17.2. The molecule has 0 saturated heterocycles. The van der Waals surface area contributed by atoms with Gasteiger partial charge in [-0.3, -0.25) is 4.79 Å². The summed E-state index contributed by atoms with van der Waals surface area (Å²) >= 11 is 1.62. The molecule has 1 aromatic carbocycles. The Morgan fingerprint density at radius 2 is 1.86 bits per heavy atom. The number of carbonyl (C=O) groups is 1. The lowest BCUT2D eigenvalue weighted by molar-refractivity contribution is -0.114. The van der Waals surface area contributed by atoms with E-state index in [0.29, 0.717) is 0 Å².